The van der Waals surface area contributed by atoms with E-state index in [9.17, 15) is 18.0 Å². The number of aromatic amines is 1. The van der Waals surface area contributed by atoms with Crippen molar-refractivity contribution in [2.45, 2.75) is 0 Å². The van der Waals surface area contributed by atoms with Crippen LogP contribution in [0.15, 0.2) is 52.7 Å². The van der Waals surface area contributed by atoms with Gasteiger partial charge in [-0.2, -0.15) is 9.40 Å². The molecule has 1 amide bonds. The van der Waals surface area contributed by atoms with Crippen molar-refractivity contribution in [2.24, 2.45) is 0 Å². The van der Waals surface area contributed by atoms with Gasteiger partial charge in [0.15, 0.2) is 0 Å². The topological polar surface area (TPSA) is 103 Å². The van der Waals surface area contributed by atoms with E-state index in [-0.39, 0.29) is 43.3 Å². The summed E-state index contributed by atoms with van der Waals surface area (Å²) in [6.07, 6.45) is 1.55. The van der Waals surface area contributed by atoms with E-state index < -0.39 is 10.0 Å². The van der Waals surface area contributed by atoms with Crippen LogP contribution in [0.3, 0.4) is 0 Å². The molecule has 8 nitrogen and oxygen atoms in total. The Hall–Kier alpha value is -2.78. The second-order valence-electron chi connectivity index (χ2n) is 5.76. The molecule has 0 spiro atoms. The number of rotatable bonds is 4. The lowest BCUT2D eigenvalue weighted by molar-refractivity contribution is 0.0691. The average Bonchev–Trinajstić information content (AvgIpc) is 2.67. The van der Waals surface area contributed by atoms with Gasteiger partial charge in [-0.25, -0.2) is 13.5 Å². The van der Waals surface area contributed by atoms with E-state index in [0.717, 1.165) is 5.56 Å². The van der Waals surface area contributed by atoms with Gasteiger partial charge in [0.25, 0.3) is 11.5 Å². The fraction of sp³-hybridized carbons (Fsp3) is 0.235. The predicted octanol–water partition coefficient (Wildman–Crippen LogP) is 0.528. The minimum atomic E-state index is -3.55. The maximum atomic E-state index is 12.4. The van der Waals surface area contributed by atoms with Crippen molar-refractivity contribution < 1.29 is 13.2 Å². The van der Waals surface area contributed by atoms with Crippen LogP contribution in [-0.4, -0.2) is 59.9 Å². The van der Waals surface area contributed by atoms with Gasteiger partial charge in [0, 0.05) is 37.7 Å². The Balaban J connectivity index is 1.62. The molecule has 0 radical (unpaired) electrons. The van der Waals surface area contributed by atoms with Crippen molar-refractivity contribution in [1.82, 2.24) is 19.4 Å². The monoisotopic (exact) mass is 374 g/mol. The van der Waals surface area contributed by atoms with Crippen LogP contribution in [0.1, 0.15) is 16.1 Å². The summed E-state index contributed by atoms with van der Waals surface area (Å²) in [5, 5.41) is 7.11. The van der Waals surface area contributed by atoms with Gasteiger partial charge in [-0.3, -0.25) is 9.59 Å². The molecule has 26 heavy (non-hydrogen) atoms. The van der Waals surface area contributed by atoms with Crippen molar-refractivity contribution in [3.8, 4) is 0 Å². The van der Waals surface area contributed by atoms with Crippen LogP contribution < -0.4 is 5.56 Å². The lowest BCUT2D eigenvalue weighted by Gasteiger charge is -2.33. The molecule has 0 bridgehead atoms. The number of nitrogens with zero attached hydrogens (tertiary/aromatic N) is 3. The number of carbonyl (C=O) groups is 1. The second-order valence-corrected chi connectivity index (χ2v) is 7.57. The molecule has 1 N–H and O–H groups in total. The number of hydrogen-bond acceptors (Lipinski definition) is 5. The third-order valence-electron chi connectivity index (χ3n) is 4.02. The maximum Gasteiger partial charge on any atom is 0.274 e. The number of hydrogen-bond donors (Lipinski definition) is 1. The Morgan fingerprint density at radius 1 is 1.04 bits per heavy atom. The van der Waals surface area contributed by atoms with Crippen LogP contribution in [0, 0.1) is 0 Å². The highest BCUT2D eigenvalue weighted by Crippen LogP contribution is 2.13. The highest BCUT2D eigenvalue weighted by Gasteiger charge is 2.28. The lowest BCUT2D eigenvalue weighted by atomic mass is 10.2. The Morgan fingerprint density at radius 2 is 1.73 bits per heavy atom. The number of carbonyl (C=O) groups excluding carboxylic acids is 1. The molecular formula is C17H18N4O4S. The normalized spacial score (nSPS) is 16.1. The number of nitrogens with one attached hydrogen (secondary N) is 1. The average molecular weight is 374 g/mol. The fourth-order valence-corrected chi connectivity index (χ4v) is 3.76. The zero-order valence-corrected chi connectivity index (χ0v) is 14.7. The first kappa shape index (κ1) is 18.0. The van der Waals surface area contributed by atoms with Crippen molar-refractivity contribution >= 4 is 22.0 Å². The SMILES string of the molecule is O=C(c1ccc(=O)[nH]n1)N1CCN(S(=O)(=O)/C=C/c2ccccc2)CC1. The first-order chi connectivity index (χ1) is 12.5. The number of amides is 1. The van der Waals surface area contributed by atoms with Gasteiger partial charge in [-0.05, 0) is 17.7 Å². The molecule has 1 aromatic heterocycles. The predicted molar refractivity (Wildman–Crippen MR) is 96.7 cm³/mol. The van der Waals surface area contributed by atoms with Crippen LogP contribution in [0.2, 0.25) is 0 Å². The first-order valence-electron chi connectivity index (χ1n) is 8.04. The highest BCUT2D eigenvalue weighted by atomic mass is 32.2. The number of H-pyrrole nitrogens is 1. The van der Waals surface area contributed by atoms with Gasteiger partial charge in [-0.1, -0.05) is 30.3 Å². The zero-order valence-electron chi connectivity index (χ0n) is 13.9. The van der Waals surface area contributed by atoms with Gasteiger partial charge in [-0.15, -0.1) is 0 Å². The molecule has 1 aliphatic rings. The Kier molecular flexibility index (Phi) is 5.29. The molecule has 1 fully saturated rings. The highest BCUT2D eigenvalue weighted by molar-refractivity contribution is 7.92. The van der Waals surface area contributed by atoms with E-state index in [2.05, 4.69) is 10.2 Å². The molecule has 3 rings (SSSR count). The van der Waals surface area contributed by atoms with Crippen molar-refractivity contribution in [3.05, 3.63) is 69.5 Å². The summed E-state index contributed by atoms with van der Waals surface area (Å²) in [5.41, 5.74) is 0.543. The largest absolute Gasteiger partial charge is 0.335 e. The number of sulfonamides is 1. The molecule has 1 saturated heterocycles. The molecule has 2 aromatic rings. The molecule has 0 aliphatic carbocycles. The van der Waals surface area contributed by atoms with Gasteiger partial charge >= 0.3 is 0 Å². The van der Waals surface area contributed by atoms with Crippen LogP contribution in [0.4, 0.5) is 0 Å². The minimum Gasteiger partial charge on any atom is -0.335 e. The molecule has 0 unspecified atom stereocenters. The summed E-state index contributed by atoms with van der Waals surface area (Å²) in [6.45, 7) is 0.934. The van der Waals surface area contributed by atoms with Crippen LogP contribution in [0.25, 0.3) is 6.08 Å². The van der Waals surface area contributed by atoms with E-state index in [4.69, 9.17) is 0 Å². The molecule has 2 heterocycles. The summed E-state index contributed by atoms with van der Waals surface area (Å²) >= 11 is 0. The van der Waals surface area contributed by atoms with Crippen molar-refractivity contribution in [2.75, 3.05) is 26.2 Å². The Morgan fingerprint density at radius 3 is 2.35 bits per heavy atom. The lowest BCUT2D eigenvalue weighted by Crippen LogP contribution is -2.50. The standard InChI is InChI=1S/C17H18N4O4S/c22-16-7-6-15(18-19-16)17(23)20-9-11-21(12-10-20)26(24,25)13-8-14-4-2-1-3-5-14/h1-8,13H,9-12H2,(H,19,22)/b13-8+. The summed E-state index contributed by atoms with van der Waals surface area (Å²) in [5.74, 6) is -0.335. The van der Waals surface area contributed by atoms with E-state index >= 15 is 0 Å². The van der Waals surface area contributed by atoms with Crippen LogP contribution >= 0.6 is 0 Å². The quantitative estimate of drug-likeness (QED) is 0.841. The molecule has 136 valence electrons. The fourth-order valence-electron chi connectivity index (χ4n) is 2.59. The van der Waals surface area contributed by atoms with Crippen molar-refractivity contribution in [1.29, 1.82) is 0 Å². The molecular weight excluding hydrogens is 356 g/mol. The van der Waals surface area contributed by atoms with E-state index in [1.54, 1.807) is 6.08 Å². The summed E-state index contributed by atoms with van der Waals surface area (Å²) in [6, 6.07) is 11.8. The third kappa shape index (κ3) is 4.24. The van der Waals surface area contributed by atoms with E-state index in [1.165, 1.54) is 26.7 Å². The third-order valence-corrected chi connectivity index (χ3v) is 5.58. The molecule has 9 heteroatoms. The van der Waals surface area contributed by atoms with Crippen LogP contribution in [-0.2, 0) is 10.0 Å². The number of aromatic nitrogens is 2. The second kappa shape index (κ2) is 7.63. The summed E-state index contributed by atoms with van der Waals surface area (Å²) in [4.78, 5) is 24.9. The summed E-state index contributed by atoms with van der Waals surface area (Å²) in [7, 11) is -3.55. The van der Waals surface area contributed by atoms with Gasteiger partial charge in [0.05, 0.1) is 0 Å². The minimum absolute atomic E-state index is 0.130. The van der Waals surface area contributed by atoms with Crippen molar-refractivity contribution in [3.63, 3.8) is 0 Å². The maximum absolute atomic E-state index is 12.4. The number of benzene rings is 1. The first-order valence-corrected chi connectivity index (χ1v) is 9.54. The van der Waals surface area contributed by atoms with Crippen LogP contribution in [0.5, 0.6) is 0 Å². The smallest absolute Gasteiger partial charge is 0.274 e. The zero-order chi connectivity index (χ0) is 18.6. The van der Waals surface area contributed by atoms with Gasteiger partial charge in [0.1, 0.15) is 5.69 Å². The number of piperazine rings is 1. The molecule has 0 saturated carbocycles. The molecule has 1 aliphatic heterocycles. The van der Waals surface area contributed by atoms with Gasteiger partial charge < -0.3 is 4.90 Å². The van der Waals surface area contributed by atoms with E-state index in [0.29, 0.717) is 0 Å². The summed E-state index contributed by atoms with van der Waals surface area (Å²) < 4.78 is 26.2. The Bertz CT molecular complexity index is 941. The Labute approximate surface area is 150 Å². The molecule has 0 atom stereocenters. The molecule has 1 aromatic carbocycles. The van der Waals surface area contributed by atoms with Gasteiger partial charge in [0.2, 0.25) is 10.0 Å². The van der Waals surface area contributed by atoms with E-state index in [1.807, 2.05) is 30.3 Å².